The molecule has 1 aromatic rings. The summed E-state index contributed by atoms with van der Waals surface area (Å²) in [7, 11) is 0. The van der Waals surface area contributed by atoms with E-state index in [-0.39, 0.29) is 0 Å². The average Bonchev–Trinajstić information content (AvgIpc) is 2.41. The molecule has 2 atom stereocenters. The third-order valence-electron chi connectivity index (χ3n) is 4.38. The molecule has 0 bridgehead atoms. The second-order valence-electron chi connectivity index (χ2n) is 6.15. The van der Waals surface area contributed by atoms with Crippen LogP contribution in [0.3, 0.4) is 0 Å². The second-order valence-corrected chi connectivity index (χ2v) is 6.15. The first-order valence-corrected chi connectivity index (χ1v) is 7.37. The molecule has 1 aromatic carbocycles. The quantitative estimate of drug-likeness (QED) is 0.864. The van der Waals surface area contributed by atoms with Gasteiger partial charge in [-0.15, -0.1) is 0 Å². The smallest absolute Gasteiger partial charge is 0.0992 e. The minimum absolute atomic E-state index is 0.564. The van der Waals surface area contributed by atoms with Crippen LogP contribution in [-0.4, -0.2) is 6.04 Å². The Balaban J connectivity index is 2.06. The fourth-order valence-corrected chi connectivity index (χ4v) is 3.03. The molecule has 2 rings (SSSR count). The van der Waals surface area contributed by atoms with E-state index < -0.39 is 0 Å². The molecule has 19 heavy (non-hydrogen) atoms. The number of hydrogen-bond donors (Lipinski definition) is 1. The van der Waals surface area contributed by atoms with Crippen LogP contribution >= 0.6 is 0 Å². The highest BCUT2D eigenvalue weighted by molar-refractivity contribution is 5.55. The summed E-state index contributed by atoms with van der Waals surface area (Å²) in [4.78, 5) is 0. The van der Waals surface area contributed by atoms with Gasteiger partial charge in [0.15, 0.2) is 0 Å². The van der Waals surface area contributed by atoms with Crippen LogP contribution in [0.1, 0.15) is 50.7 Å². The van der Waals surface area contributed by atoms with E-state index in [1.807, 2.05) is 18.2 Å². The molecule has 2 unspecified atom stereocenters. The lowest BCUT2D eigenvalue weighted by Gasteiger charge is -2.33. The monoisotopic (exact) mass is 256 g/mol. The maximum Gasteiger partial charge on any atom is 0.0992 e. The summed E-state index contributed by atoms with van der Waals surface area (Å²) in [6, 6.07) is 8.68. The van der Waals surface area contributed by atoms with Crippen molar-refractivity contribution in [2.24, 2.45) is 11.8 Å². The number of hydrogen-bond acceptors (Lipinski definition) is 2. The van der Waals surface area contributed by atoms with Gasteiger partial charge in [0.2, 0.25) is 0 Å². The van der Waals surface area contributed by atoms with E-state index in [0.717, 1.165) is 23.1 Å². The first kappa shape index (κ1) is 13.9. The molecule has 0 heterocycles. The molecule has 102 valence electrons. The van der Waals surface area contributed by atoms with Gasteiger partial charge in [-0.2, -0.15) is 5.26 Å². The minimum Gasteiger partial charge on any atom is -0.382 e. The lowest BCUT2D eigenvalue weighted by atomic mass is 9.79. The van der Waals surface area contributed by atoms with Crippen molar-refractivity contribution in [1.29, 1.82) is 5.26 Å². The zero-order valence-corrected chi connectivity index (χ0v) is 12.2. The summed E-state index contributed by atoms with van der Waals surface area (Å²) in [6.45, 7) is 6.76. The third kappa shape index (κ3) is 3.50. The van der Waals surface area contributed by atoms with Crippen molar-refractivity contribution in [3.63, 3.8) is 0 Å². The molecule has 0 saturated heterocycles. The van der Waals surface area contributed by atoms with E-state index in [2.05, 4.69) is 32.2 Å². The molecule has 0 aliphatic heterocycles. The van der Waals surface area contributed by atoms with Gasteiger partial charge in [0, 0.05) is 11.7 Å². The number of benzene rings is 1. The van der Waals surface area contributed by atoms with Gasteiger partial charge in [-0.05, 0) is 49.3 Å². The average molecular weight is 256 g/mol. The molecular formula is C17H24N2. The molecule has 1 aliphatic carbocycles. The van der Waals surface area contributed by atoms with Gasteiger partial charge in [0.05, 0.1) is 11.6 Å². The first-order valence-electron chi connectivity index (χ1n) is 7.37. The van der Waals surface area contributed by atoms with Gasteiger partial charge in [-0.1, -0.05) is 32.8 Å². The topological polar surface area (TPSA) is 35.8 Å². The second kappa shape index (κ2) is 6.10. The lowest BCUT2D eigenvalue weighted by Crippen LogP contribution is -2.29. The standard InChI is InChI=1S/C17H24N2/c1-12(2)15-5-4-6-16(10-15)19-17-9-14(11-18)8-7-13(17)3/h7-9,12,15-16,19H,4-6,10H2,1-3H3. The summed E-state index contributed by atoms with van der Waals surface area (Å²) in [5.74, 6) is 1.61. The van der Waals surface area contributed by atoms with E-state index in [9.17, 15) is 0 Å². The van der Waals surface area contributed by atoms with E-state index in [1.54, 1.807) is 0 Å². The fourth-order valence-electron chi connectivity index (χ4n) is 3.03. The zero-order chi connectivity index (χ0) is 13.8. The van der Waals surface area contributed by atoms with E-state index in [0.29, 0.717) is 6.04 Å². The molecule has 2 nitrogen and oxygen atoms in total. The van der Waals surface area contributed by atoms with Crippen LogP contribution in [0.4, 0.5) is 5.69 Å². The minimum atomic E-state index is 0.564. The maximum atomic E-state index is 9.00. The van der Waals surface area contributed by atoms with Crippen molar-refractivity contribution in [2.45, 2.75) is 52.5 Å². The van der Waals surface area contributed by atoms with Crippen LogP contribution in [0.5, 0.6) is 0 Å². The summed E-state index contributed by atoms with van der Waals surface area (Å²) < 4.78 is 0. The predicted octanol–water partition coefficient (Wildman–Crippen LogP) is 4.49. The molecule has 0 radical (unpaired) electrons. The largest absolute Gasteiger partial charge is 0.382 e. The number of aryl methyl sites for hydroxylation is 1. The van der Waals surface area contributed by atoms with Crippen molar-refractivity contribution >= 4 is 5.69 Å². The van der Waals surface area contributed by atoms with Crippen molar-refractivity contribution in [3.05, 3.63) is 29.3 Å². The highest BCUT2D eigenvalue weighted by Crippen LogP contribution is 2.32. The van der Waals surface area contributed by atoms with Gasteiger partial charge in [-0.3, -0.25) is 0 Å². The Morgan fingerprint density at radius 1 is 1.32 bits per heavy atom. The zero-order valence-electron chi connectivity index (χ0n) is 12.2. The summed E-state index contributed by atoms with van der Waals surface area (Å²) in [5, 5.41) is 12.7. The molecular weight excluding hydrogens is 232 g/mol. The molecule has 1 aliphatic rings. The van der Waals surface area contributed by atoms with Gasteiger partial charge in [-0.25, -0.2) is 0 Å². The summed E-state index contributed by atoms with van der Waals surface area (Å²) in [6.07, 6.45) is 5.19. The van der Waals surface area contributed by atoms with Gasteiger partial charge >= 0.3 is 0 Å². The lowest BCUT2D eigenvalue weighted by molar-refractivity contribution is 0.264. The van der Waals surface area contributed by atoms with Crippen molar-refractivity contribution in [2.75, 3.05) is 5.32 Å². The van der Waals surface area contributed by atoms with Crippen molar-refractivity contribution < 1.29 is 0 Å². The van der Waals surface area contributed by atoms with Gasteiger partial charge in [0.25, 0.3) is 0 Å². The molecule has 0 aromatic heterocycles. The van der Waals surface area contributed by atoms with Crippen LogP contribution in [0.15, 0.2) is 18.2 Å². The number of anilines is 1. The Morgan fingerprint density at radius 2 is 2.11 bits per heavy atom. The SMILES string of the molecule is Cc1ccc(C#N)cc1NC1CCCC(C(C)C)C1. The Labute approximate surface area is 116 Å². The Hall–Kier alpha value is -1.49. The van der Waals surface area contributed by atoms with E-state index in [1.165, 1.54) is 31.2 Å². The van der Waals surface area contributed by atoms with Gasteiger partial charge < -0.3 is 5.32 Å². The molecule has 1 N–H and O–H groups in total. The summed E-state index contributed by atoms with van der Waals surface area (Å²) in [5.41, 5.74) is 3.10. The van der Waals surface area contributed by atoms with Crippen LogP contribution in [-0.2, 0) is 0 Å². The number of nitriles is 1. The van der Waals surface area contributed by atoms with Crippen LogP contribution in [0.2, 0.25) is 0 Å². The van der Waals surface area contributed by atoms with Gasteiger partial charge in [0.1, 0.15) is 0 Å². The van der Waals surface area contributed by atoms with Crippen LogP contribution in [0.25, 0.3) is 0 Å². The van der Waals surface area contributed by atoms with Crippen molar-refractivity contribution in [1.82, 2.24) is 0 Å². The highest BCUT2D eigenvalue weighted by Gasteiger charge is 2.24. The van der Waals surface area contributed by atoms with Crippen molar-refractivity contribution in [3.8, 4) is 6.07 Å². The normalized spacial score (nSPS) is 23.1. The van der Waals surface area contributed by atoms with Crippen LogP contribution < -0.4 is 5.32 Å². The number of rotatable bonds is 3. The molecule has 2 heteroatoms. The third-order valence-corrected chi connectivity index (χ3v) is 4.38. The first-order chi connectivity index (χ1) is 9.10. The van der Waals surface area contributed by atoms with E-state index in [4.69, 9.17) is 5.26 Å². The predicted molar refractivity (Wildman–Crippen MR) is 80.1 cm³/mol. The highest BCUT2D eigenvalue weighted by atomic mass is 14.9. The fraction of sp³-hybridized carbons (Fsp3) is 0.588. The van der Waals surface area contributed by atoms with Crippen LogP contribution in [0, 0.1) is 30.1 Å². The molecule has 1 saturated carbocycles. The Morgan fingerprint density at radius 3 is 2.79 bits per heavy atom. The molecule has 1 fully saturated rings. The molecule has 0 amide bonds. The Bertz CT molecular complexity index is 471. The Kier molecular flexibility index (Phi) is 4.47. The van der Waals surface area contributed by atoms with E-state index >= 15 is 0 Å². The molecule has 0 spiro atoms. The summed E-state index contributed by atoms with van der Waals surface area (Å²) >= 11 is 0. The maximum absolute atomic E-state index is 9.00. The number of nitrogens with zero attached hydrogens (tertiary/aromatic N) is 1. The number of nitrogens with one attached hydrogen (secondary N) is 1.